The van der Waals surface area contributed by atoms with E-state index in [-0.39, 0.29) is 0 Å². The molecule has 0 saturated heterocycles. The fraction of sp³-hybridized carbons (Fsp3) is 0. The summed E-state index contributed by atoms with van der Waals surface area (Å²) in [6.07, 6.45) is 8.64. The molecule has 0 bridgehead atoms. The van der Waals surface area contributed by atoms with Crippen LogP contribution in [0.5, 0.6) is 0 Å². The van der Waals surface area contributed by atoms with Crippen molar-refractivity contribution in [2.24, 2.45) is 0 Å². The molecule has 102 valence electrons. The van der Waals surface area contributed by atoms with Crippen LogP contribution in [0.4, 0.5) is 5.69 Å². The second-order valence-corrected chi connectivity index (χ2v) is 5.90. The number of anilines is 1. The van der Waals surface area contributed by atoms with Gasteiger partial charge in [-0.25, -0.2) is 0 Å². The molecule has 5 rings (SSSR count). The van der Waals surface area contributed by atoms with E-state index in [4.69, 9.17) is 0 Å². The summed E-state index contributed by atoms with van der Waals surface area (Å²) in [4.78, 5) is 2.34. The summed E-state index contributed by atoms with van der Waals surface area (Å²) >= 11 is 0. The highest BCUT2D eigenvalue weighted by atomic mass is 15.1. The predicted molar refractivity (Wildman–Crippen MR) is 97.0 cm³/mol. The lowest BCUT2D eigenvalue weighted by Crippen LogP contribution is -2.35. The van der Waals surface area contributed by atoms with E-state index in [2.05, 4.69) is 89.7 Å². The van der Waals surface area contributed by atoms with Crippen molar-refractivity contribution in [2.45, 2.75) is 0 Å². The number of fused-ring (bicyclic) bond motifs is 6. The summed E-state index contributed by atoms with van der Waals surface area (Å²) in [6.45, 7) is 0.343. The average Bonchev–Trinajstić information content (AvgIpc) is 2.60. The van der Waals surface area contributed by atoms with Gasteiger partial charge in [0.15, 0.2) is 0 Å². The van der Waals surface area contributed by atoms with Crippen LogP contribution in [0, 0.1) is 0 Å². The Morgan fingerprint density at radius 3 is 2.68 bits per heavy atom. The monoisotopic (exact) mass is 279 g/mol. The molecular weight excluding hydrogens is 265 g/mol. The van der Waals surface area contributed by atoms with Gasteiger partial charge in [-0.05, 0) is 51.5 Å². The molecule has 0 aliphatic carbocycles. The standard InChI is InChI=1S/C20H14BN/c1-2-6-18-15(5-1)7-8-16-14-20-17(13-19(16)18)9-11-21-10-3-4-12-22(20)21/h1-14H. The molecule has 3 aromatic rings. The highest BCUT2D eigenvalue weighted by Gasteiger charge is 2.24. The third-order valence-corrected chi connectivity index (χ3v) is 4.63. The molecule has 0 unspecified atom stereocenters. The SMILES string of the molecule is C1=CB2C=Cc3cc4c(ccc5ccccc54)cc3N2C=C1. The minimum atomic E-state index is 0.343. The van der Waals surface area contributed by atoms with E-state index in [0.29, 0.717) is 6.85 Å². The fourth-order valence-electron chi connectivity index (χ4n) is 3.53. The van der Waals surface area contributed by atoms with Crippen LogP contribution in [0.25, 0.3) is 27.6 Å². The number of nitrogens with zero attached hydrogens (tertiary/aromatic N) is 1. The Kier molecular flexibility index (Phi) is 2.36. The van der Waals surface area contributed by atoms with Gasteiger partial charge in [-0.1, -0.05) is 60.5 Å². The fourth-order valence-corrected chi connectivity index (χ4v) is 3.53. The van der Waals surface area contributed by atoms with Crippen molar-refractivity contribution in [3.8, 4) is 0 Å². The molecule has 0 spiro atoms. The van der Waals surface area contributed by atoms with E-state index in [1.807, 2.05) is 0 Å². The van der Waals surface area contributed by atoms with Gasteiger partial charge in [-0.15, -0.1) is 0 Å². The summed E-state index contributed by atoms with van der Waals surface area (Å²) in [7, 11) is 0. The molecule has 0 N–H and O–H groups in total. The van der Waals surface area contributed by atoms with Crippen LogP contribution in [0.2, 0.25) is 0 Å². The van der Waals surface area contributed by atoms with Gasteiger partial charge >= 0.3 is 6.85 Å². The zero-order chi connectivity index (χ0) is 14.5. The van der Waals surface area contributed by atoms with Crippen LogP contribution in [-0.2, 0) is 0 Å². The summed E-state index contributed by atoms with van der Waals surface area (Å²) < 4.78 is 0. The molecule has 2 heteroatoms. The number of rotatable bonds is 0. The van der Waals surface area contributed by atoms with Crippen LogP contribution >= 0.6 is 0 Å². The lowest BCUT2D eigenvalue weighted by molar-refractivity contribution is 1.37. The Labute approximate surface area is 130 Å². The third kappa shape index (κ3) is 1.61. The minimum absolute atomic E-state index is 0.343. The number of allylic oxidation sites excluding steroid dienone is 2. The molecule has 0 radical (unpaired) electrons. The molecule has 0 amide bonds. The van der Waals surface area contributed by atoms with Crippen LogP contribution in [0.15, 0.2) is 78.8 Å². The molecule has 0 aromatic heterocycles. The normalized spacial score (nSPS) is 15.5. The van der Waals surface area contributed by atoms with Crippen LogP contribution in [-0.4, -0.2) is 6.85 Å². The quantitative estimate of drug-likeness (QED) is 0.414. The first-order valence-corrected chi connectivity index (χ1v) is 7.67. The number of hydrogen-bond donors (Lipinski definition) is 0. The molecule has 2 heterocycles. The predicted octanol–water partition coefficient (Wildman–Crippen LogP) is 4.98. The van der Waals surface area contributed by atoms with Crippen molar-refractivity contribution in [1.29, 1.82) is 0 Å². The van der Waals surface area contributed by atoms with Crippen molar-refractivity contribution in [1.82, 2.24) is 0 Å². The zero-order valence-corrected chi connectivity index (χ0v) is 12.1. The van der Waals surface area contributed by atoms with Gasteiger partial charge in [0.05, 0.1) is 0 Å². The van der Waals surface area contributed by atoms with E-state index in [9.17, 15) is 0 Å². The Balaban J connectivity index is 1.83. The molecule has 0 atom stereocenters. The van der Waals surface area contributed by atoms with Gasteiger partial charge in [-0.3, -0.25) is 0 Å². The van der Waals surface area contributed by atoms with Gasteiger partial charge in [0.2, 0.25) is 0 Å². The second kappa shape index (κ2) is 4.38. The van der Waals surface area contributed by atoms with Gasteiger partial charge in [0, 0.05) is 5.69 Å². The molecule has 0 fully saturated rings. The maximum Gasteiger partial charge on any atom is 0.312 e. The number of benzene rings is 3. The highest BCUT2D eigenvalue weighted by molar-refractivity contribution is 6.75. The van der Waals surface area contributed by atoms with E-state index < -0.39 is 0 Å². The molecule has 3 aromatic carbocycles. The van der Waals surface area contributed by atoms with Crippen molar-refractivity contribution in [3.05, 3.63) is 84.4 Å². The minimum Gasteiger partial charge on any atom is -0.383 e. The summed E-state index contributed by atoms with van der Waals surface area (Å²) in [5.74, 6) is 4.49. The van der Waals surface area contributed by atoms with Crippen molar-refractivity contribution < 1.29 is 0 Å². The lowest BCUT2D eigenvalue weighted by Gasteiger charge is -2.31. The van der Waals surface area contributed by atoms with Crippen molar-refractivity contribution in [3.63, 3.8) is 0 Å². The van der Waals surface area contributed by atoms with E-state index >= 15 is 0 Å². The van der Waals surface area contributed by atoms with Crippen LogP contribution in [0.3, 0.4) is 0 Å². The molecule has 1 nitrogen and oxygen atoms in total. The molecule has 22 heavy (non-hydrogen) atoms. The molecule has 2 aliphatic rings. The van der Waals surface area contributed by atoms with Gasteiger partial charge in [0.25, 0.3) is 0 Å². The Hall–Kier alpha value is -2.74. The molecular formula is C20H14BN. The first-order valence-electron chi connectivity index (χ1n) is 7.67. The van der Waals surface area contributed by atoms with Crippen LogP contribution in [0.1, 0.15) is 5.56 Å². The van der Waals surface area contributed by atoms with Crippen molar-refractivity contribution in [2.75, 3.05) is 4.81 Å². The number of hydrogen-bond acceptors (Lipinski definition) is 1. The topological polar surface area (TPSA) is 3.24 Å². The largest absolute Gasteiger partial charge is 0.383 e. The molecule has 0 saturated carbocycles. The average molecular weight is 279 g/mol. The second-order valence-electron chi connectivity index (χ2n) is 5.90. The lowest BCUT2D eigenvalue weighted by atomic mass is 9.57. The van der Waals surface area contributed by atoms with Crippen LogP contribution < -0.4 is 4.81 Å². The third-order valence-electron chi connectivity index (χ3n) is 4.63. The highest BCUT2D eigenvalue weighted by Crippen LogP contribution is 2.36. The van der Waals surface area contributed by atoms with Gasteiger partial charge in [0.1, 0.15) is 0 Å². The Morgan fingerprint density at radius 2 is 1.68 bits per heavy atom. The smallest absolute Gasteiger partial charge is 0.312 e. The summed E-state index contributed by atoms with van der Waals surface area (Å²) in [5, 5.41) is 5.26. The first kappa shape index (κ1) is 11.9. The maximum atomic E-state index is 2.34. The Morgan fingerprint density at radius 1 is 0.773 bits per heavy atom. The van der Waals surface area contributed by atoms with E-state index in [1.165, 1.54) is 32.8 Å². The van der Waals surface area contributed by atoms with E-state index in [0.717, 1.165) is 0 Å². The zero-order valence-electron chi connectivity index (χ0n) is 12.1. The summed E-state index contributed by atoms with van der Waals surface area (Å²) in [5.41, 5.74) is 2.58. The first-order chi connectivity index (χ1) is 10.9. The van der Waals surface area contributed by atoms with Gasteiger partial charge < -0.3 is 4.81 Å². The maximum absolute atomic E-state index is 2.34. The van der Waals surface area contributed by atoms with Crippen molar-refractivity contribution >= 4 is 40.2 Å². The Bertz CT molecular complexity index is 997. The van der Waals surface area contributed by atoms with E-state index in [1.54, 1.807) is 0 Å². The van der Waals surface area contributed by atoms with Gasteiger partial charge in [-0.2, -0.15) is 0 Å². The summed E-state index contributed by atoms with van der Waals surface area (Å²) in [6, 6.07) is 17.7. The molecule has 2 aliphatic heterocycles.